The van der Waals surface area contributed by atoms with Gasteiger partial charge in [-0.05, 0) is 38.8 Å². The monoisotopic (exact) mass is 488 g/mol. The Morgan fingerprint density at radius 1 is 1.12 bits per heavy atom. The van der Waals surface area contributed by atoms with Crippen molar-refractivity contribution < 1.29 is 22.6 Å². The van der Waals surface area contributed by atoms with Gasteiger partial charge in [0.2, 0.25) is 5.88 Å². The van der Waals surface area contributed by atoms with E-state index in [4.69, 9.17) is 38.4 Å². The Balaban J connectivity index is 2.52. The first kappa shape index (κ1) is 24.1. The Hall–Kier alpha value is -2.52. The number of ether oxygens (including phenoxy) is 2. The summed E-state index contributed by atoms with van der Waals surface area (Å²) in [6.07, 6.45) is -4.40. The molecular formula is C21H21Cl2F3N4O2. The number of alkyl halides is 3. The van der Waals surface area contributed by atoms with E-state index < -0.39 is 17.3 Å². The maximum atomic E-state index is 14.1. The number of aryl methyl sites for hydroxylation is 2. The zero-order chi connectivity index (χ0) is 24.0. The van der Waals surface area contributed by atoms with E-state index in [0.29, 0.717) is 17.5 Å². The van der Waals surface area contributed by atoms with Crippen molar-refractivity contribution in [3.8, 4) is 23.1 Å². The van der Waals surface area contributed by atoms with Gasteiger partial charge in [0, 0.05) is 5.56 Å². The maximum Gasteiger partial charge on any atom is 0.417 e. The van der Waals surface area contributed by atoms with E-state index in [-0.39, 0.29) is 50.5 Å². The lowest BCUT2D eigenvalue weighted by Crippen LogP contribution is -2.14. The Morgan fingerprint density at radius 3 is 2.34 bits per heavy atom. The van der Waals surface area contributed by atoms with Crippen LogP contribution in [0.5, 0.6) is 11.9 Å². The first-order chi connectivity index (χ1) is 14.9. The molecule has 0 amide bonds. The second-order valence-electron chi connectivity index (χ2n) is 7.28. The number of rotatable bonds is 5. The van der Waals surface area contributed by atoms with E-state index in [2.05, 4.69) is 15.0 Å². The fourth-order valence-electron chi connectivity index (χ4n) is 3.30. The number of fused-ring (bicyclic) bond motifs is 1. The standard InChI is InChI=1S/C21H21Cl2F3N4O2/c1-6-9(3)32-19-12-10(4)28-20(31-5)30-17(12)16(23)18(29-19)13-14(21(24,25)26)8(2)7-11(27)15(13)22/h7,9H,6,27H2,1-5H3. The molecule has 0 spiro atoms. The molecule has 3 aromatic rings. The summed E-state index contributed by atoms with van der Waals surface area (Å²) >= 11 is 12.9. The molecule has 0 aliphatic heterocycles. The molecular weight excluding hydrogens is 468 g/mol. The smallest absolute Gasteiger partial charge is 0.417 e. The van der Waals surface area contributed by atoms with Crippen LogP contribution in [-0.4, -0.2) is 28.2 Å². The quantitative estimate of drug-likeness (QED) is 0.418. The summed E-state index contributed by atoms with van der Waals surface area (Å²) in [5.41, 5.74) is 4.64. The average molecular weight is 489 g/mol. The molecule has 2 aromatic heterocycles. The molecule has 0 aliphatic carbocycles. The zero-order valence-electron chi connectivity index (χ0n) is 18.0. The number of hydrogen-bond donors (Lipinski definition) is 1. The summed E-state index contributed by atoms with van der Waals surface area (Å²) in [5.74, 6) is 0.0400. The highest BCUT2D eigenvalue weighted by Crippen LogP contribution is 2.48. The molecule has 32 heavy (non-hydrogen) atoms. The van der Waals surface area contributed by atoms with Crippen molar-refractivity contribution in [1.29, 1.82) is 0 Å². The molecule has 1 atom stereocenters. The molecule has 0 saturated heterocycles. The van der Waals surface area contributed by atoms with Crippen LogP contribution in [-0.2, 0) is 6.18 Å². The normalized spacial score (nSPS) is 12.8. The van der Waals surface area contributed by atoms with Crippen LogP contribution in [0, 0.1) is 13.8 Å². The van der Waals surface area contributed by atoms with Crippen LogP contribution in [0.3, 0.4) is 0 Å². The minimum Gasteiger partial charge on any atom is -0.474 e. The van der Waals surface area contributed by atoms with Gasteiger partial charge in [-0.3, -0.25) is 0 Å². The van der Waals surface area contributed by atoms with Crippen molar-refractivity contribution in [3.05, 3.63) is 32.9 Å². The predicted molar refractivity (Wildman–Crippen MR) is 119 cm³/mol. The van der Waals surface area contributed by atoms with Crippen molar-refractivity contribution >= 4 is 39.8 Å². The van der Waals surface area contributed by atoms with Crippen molar-refractivity contribution in [3.63, 3.8) is 0 Å². The SMILES string of the molecule is CCC(C)Oc1nc(-c2c(Cl)c(N)cc(C)c2C(F)(F)F)c(Cl)c2nc(OC)nc(C)c12. The number of nitrogens with zero attached hydrogens (tertiary/aromatic N) is 3. The molecule has 2 heterocycles. The van der Waals surface area contributed by atoms with Gasteiger partial charge in [0.25, 0.3) is 0 Å². The van der Waals surface area contributed by atoms with Crippen LogP contribution >= 0.6 is 23.2 Å². The minimum absolute atomic E-state index is 0.00515. The van der Waals surface area contributed by atoms with E-state index in [9.17, 15) is 13.2 Å². The minimum atomic E-state index is -4.74. The van der Waals surface area contributed by atoms with E-state index in [1.807, 2.05) is 6.92 Å². The number of benzene rings is 1. The summed E-state index contributed by atoms with van der Waals surface area (Å²) in [4.78, 5) is 12.9. The lowest BCUT2D eigenvalue weighted by molar-refractivity contribution is -0.137. The fourth-order valence-corrected chi connectivity index (χ4v) is 3.82. The summed E-state index contributed by atoms with van der Waals surface area (Å²) in [6.45, 7) is 6.67. The number of aromatic nitrogens is 3. The Morgan fingerprint density at radius 2 is 1.78 bits per heavy atom. The predicted octanol–water partition coefficient (Wildman–Crippen LogP) is 6.40. The number of halogens is 5. The van der Waals surface area contributed by atoms with Crippen LogP contribution < -0.4 is 15.2 Å². The van der Waals surface area contributed by atoms with Crippen LogP contribution in [0.1, 0.15) is 37.1 Å². The number of hydrogen-bond acceptors (Lipinski definition) is 6. The molecule has 11 heteroatoms. The lowest BCUT2D eigenvalue weighted by atomic mass is 9.96. The van der Waals surface area contributed by atoms with Crippen LogP contribution in [0.4, 0.5) is 18.9 Å². The van der Waals surface area contributed by atoms with E-state index in [1.54, 1.807) is 13.8 Å². The fraction of sp³-hybridized carbons (Fsp3) is 0.381. The van der Waals surface area contributed by atoms with Gasteiger partial charge in [-0.25, -0.2) is 4.98 Å². The summed E-state index contributed by atoms with van der Waals surface area (Å²) in [6, 6.07) is 1.16. The van der Waals surface area contributed by atoms with Crippen LogP contribution in [0.2, 0.25) is 10.0 Å². The third-order valence-corrected chi connectivity index (χ3v) is 5.76. The number of nitrogens with two attached hydrogens (primary N) is 1. The molecule has 0 saturated carbocycles. The van der Waals surface area contributed by atoms with Gasteiger partial charge in [-0.1, -0.05) is 30.1 Å². The van der Waals surface area contributed by atoms with Crippen molar-refractivity contribution in [2.75, 3.05) is 12.8 Å². The molecule has 1 aromatic carbocycles. The molecule has 3 rings (SSSR count). The van der Waals surface area contributed by atoms with Crippen LogP contribution in [0.25, 0.3) is 22.2 Å². The number of nitrogen functional groups attached to an aromatic ring is 1. The van der Waals surface area contributed by atoms with Crippen molar-refractivity contribution in [2.24, 2.45) is 0 Å². The second-order valence-corrected chi connectivity index (χ2v) is 8.04. The van der Waals surface area contributed by atoms with Crippen molar-refractivity contribution in [2.45, 2.75) is 46.4 Å². The topological polar surface area (TPSA) is 83.2 Å². The van der Waals surface area contributed by atoms with E-state index in [1.165, 1.54) is 14.0 Å². The zero-order valence-corrected chi connectivity index (χ0v) is 19.5. The molecule has 0 fully saturated rings. The molecule has 0 bridgehead atoms. The highest BCUT2D eigenvalue weighted by molar-refractivity contribution is 6.40. The van der Waals surface area contributed by atoms with Gasteiger partial charge >= 0.3 is 12.2 Å². The van der Waals surface area contributed by atoms with Gasteiger partial charge in [-0.2, -0.15) is 23.1 Å². The molecule has 0 radical (unpaired) electrons. The molecule has 2 N–H and O–H groups in total. The third-order valence-electron chi connectivity index (χ3n) is 4.99. The van der Waals surface area contributed by atoms with Crippen molar-refractivity contribution in [1.82, 2.24) is 15.0 Å². The van der Waals surface area contributed by atoms with E-state index >= 15 is 0 Å². The van der Waals surface area contributed by atoms with Gasteiger partial charge in [0.1, 0.15) is 5.52 Å². The summed E-state index contributed by atoms with van der Waals surface area (Å²) in [7, 11) is 1.37. The summed E-state index contributed by atoms with van der Waals surface area (Å²) < 4.78 is 53.2. The Kier molecular flexibility index (Phi) is 6.62. The Bertz CT molecular complexity index is 1200. The highest BCUT2D eigenvalue weighted by atomic mass is 35.5. The molecule has 172 valence electrons. The number of methoxy groups -OCH3 is 1. The largest absolute Gasteiger partial charge is 0.474 e. The lowest BCUT2D eigenvalue weighted by Gasteiger charge is -2.21. The maximum absolute atomic E-state index is 14.1. The summed E-state index contributed by atoms with van der Waals surface area (Å²) in [5, 5.41) is -0.105. The van der Waals surface area contributed by atoms with Crippen LogP contribution in [0.15, 0.2) is 6.07 Å². The Labute approximate surface area is 192 Å². The molecule has 0 aliphatic rings. The second kappa shape index (κ2) is 8.78. The van der Waals surface area contributed by atoms with Gasteiger partial charge in [-0.15, -0.1) is 0 Å². The van der Waals surface area contributed by atoms with E-state index in [0.717, 1.165) is 6.07 Å². The number of pyridine rings is 1. The first-order valence-corrected chi connectivity index (χ1v) is 10.4. The highest BCUT2D eigenvalue weighted by Gasteiger charge is 2.39. The van der Waals surface area contributed by atoms with Gasteiger partial charge in [0.15, 0.2) is 0 Å². The van der Waals surface area contributed by atoms with Gasteiger partial charge in [0.05, 0.1) is 51.3 Å². The number of anilines is 1. The molecule has 6 nitrogen and oxygen atoms in total. The van der Waals surface area contributed by atoms with Gasteiger partial charge < -0.3 is 15.2 Å². The average Bonchev–Trinajstić information content (AvgIpc) is 2.71. The first-order valence-electron chi connectivity index (χ1n) is 9.65. The molecule has 1 unspecified atom stereocenters. The third kappa shape index (κ3) is 4.23.